The number of rotatable bonds is 7. The van der Waals surface area contributed by atoms with Gasteiger partial charge in [0.05, 0.1) is 23.8 Å². The second-order valence-electron chi connectivity index (χ2n) is 6.09. The van der Waals surface area contributed by atoms with Gasteiger partial charge in [0.25, 0.3) is 0 Å². The second kappa shape index (κ2) is 7.51. The van der Waals surface area contributed by atoms with E-state index in [1.165, 1.54) is 41.8 Å². The smallest absolute Gasteiger partial charge is 0.243 e. The number of ether oxygens (including phenoxy) is 1. The number of Topliss-reactive ketones (excluding diaryl/α,β-unsaturated/α-hetero) is 1. The van der Waals surface area contributed by atoms with Crippen molar-refractivity contribution in [3.63, 3.8) is 0 Å². The van der Waals surface area contributed by atoms with Crippen molar-refractivity contribution >= 4 is 15.8 Å². The lowest BCUT2D eigenvalue weighted by Gasteiger charge is -2.24. The zero-order chi connectivity index (χ0) is 17.9. The third kappa shape index (κ3) is 4.18. The molecule has 6 nitrogen and oxygen atoms in total. The van der Waals surface area contributed by atoms with Gasteiger partial charge < -0.3 is 9.15 Å². The summed E-state index contributed by atoms with van der Waals surface area (Å²) in [4.78, 5) is 11.5. The Bertz CT molecular complexity index is 806. The Morgan fingerprint density at radius 3 is 2.56 bits per heavy atom. The molecule has 2 heterocycles. The highest BCUT2D eigenvalue weighted by molar-refractivity contribution is 7.89. The fraction of sp³-hybridized carbons (Fsp3) is 0.389. The largest absolute Gasteiger partial charge is 0.468 e. The van der Waals surface area contributed by atoms with Gasteiger partial charge in [0.1, 0.15) is 5.76 Å². The van der Waals surface area contributed by atoms with Crippen molar-refractivity contribution in [2.75, 3.05) is 13.2 Å². The van der Waals surface area contributed by atoms with Gasteiger partial charge in [0.15, 0.2) is 5.78 Å². The molecular formula is C18H21NO5S. The van der Waals surface area contributed by atoms with Crippen LogP contribution in [0.15, 0.2) is 52.0 Å². The molecule has 1 aromatic carbocycles. The summed E-state index contributed by atoms with van der Waals surface area (Å²) >= 11 is 0. The Hall–Kier alpha value is -1.96. The molecule has 0 N–H and O–H groups in total. The van der Waals surface area contributed by atoms with Gasteiger partial charge >= 0.3 is 0 Å². The standard InChI is InChI=1S/C18H21NO5S/c1-14(20)15-6-8-18(9-7-15)25(21,22)19(12-16-4-2-10-23-16)13-17-5-3-11-24-17/h2,4,6-10,17H,3,5,11-13H2,1H3. The van der Waals surface area contributed by atoms with Crippen LogP contribution in [0.5, 0.6) is 0 Å². The molecule has 3 rings (SSSR count). The molecule has 7 heteroatoms. The topological polar surface area (TPSA) is 76.8 Å². The van der Waals surface area contributed by atoms with E-state index >= 15 is 0 Å². The monoisotopic (exact) mass is 363 g/mol. The van der Waals surface area contributed by atoms with Crippen LogP contribution in [0, 0.1) is 0 Å². The van der Waals surface area contributed by atoms with E-state index in [4.69, 9.17) is 9.15 Å². The van der Waals surface area contributed by atoms with Crippen molar-refractivity contribution in [2.45, 2.75) is 37.3 Å². The van der Waals surface area contributed by atoms with Gasteiger partial charge in [-0.15, -0.1) is 0 Å². The number of hydrogen-bond acceptors (Lipinski definition) is 5. The molecule has 134 valence electrons. The minimum atomic E-state index is -3.73. The lowest BCUT2D eigenvalue weighted by Crippen LogP contribution is -2.36. The molecule has 0 radical (unpaired) electrons. The minimum absolute atomic E-state index is 0.101. The quantitative estimate of drug-likeness (QED) is 0.707. The Morgan fingerprint density at radius 1 is 1.24 bits per heavy atom. The number of nitrogens with zero attached hydrogens (tertiary/aromatic N) is 1. The van der Waals surface area contributed by atoms with Crippen molar-refractivity contribution in [3.05, 3.63) is 54.0 Å². The molecular weight excluding hydrogens is 342 g/mol. The zero-order valence-electron chi connectivity index (χ0n) is 14.1. The van der Waals surface area contributed by atoms with Crippen LogP contribution in [0.1, 0.15) is 35.9 Å². The van der Waals surface area contributed by atoms with Crippen LogP contribution >= 0.6 is 0 Å². The molecule has 1 aliphatic rings. The van der Waals surface area contributed by atoms with Gasteiger partial charge in [-0.25, -0.2) is 8.42 Å². The summed E-state index contributed by atoms with van der Waals surface area (Å²) in [5, 5.41) is 0. The summed E-state index contributed by atoms with van der Waals surface area (Å²) in [5.41, 5.74) is 0.482. The number of furan rings is 1. The predicted octanol–water partition coefficient (Wildman–Crippen LogP) is 2.85. The minimum Gasteiger partial charge on any atom is -0.468 e. The molecule has 1 unspecified atom stereocenters. The normalized spacial score (nSPS) is 17.9. The Labute approximate surface area is 147 Å². The molecule has 0 spiro atoms. The van der Waals surface area contributed by atoms with Crippen molar-refractivity contribution in [1.29, 1.82) is 0 Å². The van der Waals surface area contributed by atoms with Crippen molar-refractivity contribution < 1.29 is 22.4 Å². The number of ketones is 1. The average molecular weight is 363 g/mol. The van der Waals surface area contributed by atoms with Crippen LogP contribution in [0.3, 0.4) is 0 Å². The van der Waals surface area contributed by atoms with Crippen LogP contribution in [-0.4, -0.2) is 37.8 Å². The second-order valence-corrected chi connectivity index (χ2v) is 8.03. The number of carbonyl (C=O) groups is 1. The Morgan fingerprint density at radius 2 is 2.00 bits per heavy atom. The maximum atomic E-state index is 13.1. The molecule has 1 aliphatic heterocycles. The first-order valence-electron chi connectivity index (χ1n) is 8.22. The number of carbonyl (C=O) groups excluding carboxylic acids is 1. The van der Waals surface area contributed by atoms with Gasteiger partial charge in [-0.2, -0.15) is 4.31 Å². The molecule has 1 aromatic heterocycles. The van der Waals surface area contributed by atoms with Gasteiger partial charge in [-0.1, -0.05) is 12.1 Å². The number of hydrogen-bond donors (Lipinski definition) is 0. The highest BCUT2D eigenvalue weighted by Crippen LogP contribution is 2.23. The van der Waals surface area contributed by atoms with Crippen LogP contribution in [0.25, 0.3) is 0 Å². The first-order chi connectivity index (χ1) is 12.0. The zero-order valence-corrected chi connectivity index (χ0v) is 14.9. The summed E-state index contributed by atoms with van der Waals surface area (Å²) < 4.78 is 38.4. The van der Waals surface area contributed by atoms with Crippen molar-refractivity contribution in [2.24, 2.45) is 0 Å². The van der Waals surface area contributed by atoms with Gasteiger partial charge in [-0.3, -0.25) is 4.79 Å². The number of benzene rings is 1. The van der Waals surface area contributed by atoms with Gasteiger partial charge in [0.2, 0.25) is 10.0 Å². The molecule has 0 aliphatic carbocycles. The third-order valence-electron chi connectivity index (χ3n) is 4.24. The van der Waals surface area contributed by atoms with Crippen molar-refractivity contribution in [3.8, 4) is 0 Å². The molecule has 2 aromatic rings. The third-order valence-corrected chi connectivity index (χ3v) is 6.07. The van der Waals surface area contributed by atoms with Crippen LogP contribution in [-0.2, 0) is 21.3 Å². The first-order valence-corrected chi connectivity index (χ1v) is 9.66. The lowest BCUT2D eigenvalue weighted by molar-refractivity contribution is 0.0914. The summed E-state index contributed by atoms with van der Waals surface area (Å²) in [5.74, 6) is 0.470. The van der Waals surface area contributed by atoms with Crippen LogP contribution < -0.4 is 0 Å². The highest BCUT2D eigenvalue weighted by atomic mass is 32.2. The van der Waals surface area contributed by atoms with Crippen molar-refractivity contribution in [1.82, 2.24) is 4.31 Å². The molecule has 1 atom stereocenters. The summed E-state index contributed by atoms with van der Waals surface area (Å²) in [6.07, 6.45) is 3.19. The predicted molar refractivity (Wildman–Crippen MR) is 91.7 cm³/mol. The summed E-state index contributed by atoms with van der Waals surface area (Å²) in [6, 6.07) is 9.48. The van der Waals surface area contributed by atoms with E-state index in [-0.39, 0.29) is 29.9 Å². The van der Waals surface area contributed by atoms with E-state index in [0.717, 1.165) is 12.8 Å². The Balaban J connectivity index is 1.87. The molecule has 1 saturated heterocycles. The SMILES string of the molecule is CC(=O)c1ccc(S(=O)(=O)N(Cc2ccco2)CC2CCCO2)cc1. The van der Waals surface area contributed by atoms with E-state index in [0.29, 0.717) is 17.9 Å². The molecule has 25 heavy (non-hydrogen) atoms. The van der Waals surface area contributed by atoms with E-state index in [1.54, 1.807) is 12.1 Å². The van der Waals surface area contributed by atoms with Gasteiger partial charge in [-0.05, 0) is 44.0 Å². The maximum Gasteiger partial charge on any atom is 0.243 e. The average Bonchev–Trinajstić information content (AvgIpc) is 3.28. The van der Waals surface area contributed by atoms with Crippen LogP contribution in [0.2, 0.25) is 0 Å². The fourth-order valence-electron chi connectivity index (χ4n) is 2.85. The van der Waals surface area contributed by atoms with E-state index in [9.17, 15) is 13.2 Å². The highest BCUT2D eigenvalue weighted by Gasteiger charge is 2.30. The maximum absolute atomic E-state index is 13.1. The molecule has 0 amide bonds. The summed E-state index contributed by atoms with van der Waals surface area (Å²) in [7, 11) is -3.73. The number of sulfonamides is 1. The summed E-state index contributed by atoms with van der Waals surface area (Å²) in [6.45, 7) is 2.53. The van der Waals surface area contributed by atoms with E-state index in [1.807, 2.05) is 0 Å². The first kappa shape index (κ1) is 17.8. The molecule has 1 fully saturated rings. The fourth-order valence-corrected chi connectivity index (χ4v) is 4.29. The molecule has 0 bridgehead atoms. The van der Waals surface area contributed by atoms with E-state index < -0.39 is 10.0 Å². The van der Waals surface area contributed by atoms with Gasteiger partial charge in [0, 0.05) is 18.7 Å². The van der Waals surface area contributed by atoms with Crippen LogP contribution in [0.4, 0.5) is 0 Å². The molecule has 0 saturated carbocycles. The Kier molecular flexibility index (Phi) is 5.36. The lowest BCUT2D eigenvalue weighted by atomic mass is 10.2. The van der Waals surface area contributed by atoms with E-state index in [2.05, 4.69) is 0 Å².